The van der Waals surface area contributed by atoms with Crippen LogP contribution in [0.2, 0.25) is 5.02 Å². The monoisotopic (exact) mass is 398 g/mol. The van der Waals surface area contributed by atoms with Gasteiger partial charge in [-0.15, -0.1) is 0 Å². The van der Waals surface area contributed by atoms with E-state index in [2.05, 4.69) is 0 Å². The molecule has 1 atom stereocenters. The molecule has 0 saturated heterocycles. The number of hydrogen-bond acceptors (Lipinski definition) is 2. The molecule has 0 heterocycles. The molecule has 0 fully saturated rings. The molecule has 2 aromatic rings. The molecule has 0 radical (unpaired) electrons. The van der Waals surface area contributed by atoms with Crippen molar-refractivity contribution in [2.75, 3.05) is 0 Å². The molecule has 0 aliphatic heterocycles. The average Bonchev–Trinajstić information content (AvgIpc) is 2.51. The Morgan fingerprint density at radius 2 is 1.42 bits per heavy atom. The number of alkyl halides is 6. The quantitative estimate of drug-likeness (QED) is 0.684. The van der Waals surface area contributed by atoms with Crippen LogP contribution in [-0.4, -0.2) is 11.1 Å². The minimum Gasteiger partial charge on any atom is -0.478 e. The summed E-state index contributed by atoms with van der Waals surface area (Å²) in [5, 5.41) is 8.73. The standard InChI is InChI=1S/C16H9ClF6O3/c17-11-7-10(16(21,22)23)5-6-12(11)26-13(14(24)25)8-1-3-9(4-2-8)15(18,19)20/h1-7,13H,(H,24,25). The highest BCUT2D eigenvalue weighted by molar-refractivity contribution is 6.32. The number of halogens is 7. The van der Waals surface area contributed by atoms with Gasteiger partial charge in [0.05, 0.1) is 16.1 Å². The van der Waals surface area contributed by atoms with Crippen LogP contribution in [0.25, 0.3) is 0 Å². The first-order valence-corrected chi connectivity index (χ1v) is 7.21. The van der Waals surface area contributed by atoms with Crippen LogP contribution in [0.5, 0.6) is 5.75 Å². The zero-order chi connectivity index (χ0) is 19.7. The summed E-state index contributed by atoms with van der Waals surface area (Å²) < 4.78 is 80.6. The average molecular weight is 399 g/mol. The number of ether oxygens (including phenoxy) is 1. The van der Waals surface area contributed by atoms with E-state index in [1.165, 1.54) is 0 Å². The molecule has 0 aliphatic carbocycles. The van der Waals surface area contributed by atoms with Crippen molar-refractivity contribution in [3.05, 3.63) is 64.2 Å². The Morgan fingerprint density at radius 3 is 1.85 bits per heavy atom. The maximum absolute atomic E-state index is 12.6. The topological polar surface area (TPSA) is 46.5 Å². The summed E-state index contributed by atoms with van der Waals surface area (Å²) in [6.45, 7) is 0. The van der Waals surface area contributed by atoms with Gasteiger partial charge < -0.3 is 9.84 Å². The van der Waals surface area contributed by atoms with Crippen LogP contribution in [0.15, 0.2) is 42.5 Å². The van der Waals surface area contributed by atoms with E-state index in [0.29, 0.717) is 24.3 Å². The van der Waals surface area contributed by atoms with Gasteiger partial charge in [-0.25, -0.2) is 4.79 Å². The number of carboxylic acids is 1. The molecule has 26 heavy (non-hydrogen) atoms. The Kier molecular flexibility index (Phi) is 5.41. The molecule has 140 valence electrons. The summed E-state index contributed by atoms with van der Waals surface area (Å²) in [6, 6.07) is 5.19. The van der Waals surface area contributed by atoms with Crippen LogP contribution < -0.4 is 4.74 Å². The van der Waals surface area contributed by atoms with E-state index in [9.17, 15) is 36.2 Å². The van der Waals surface area contributed by atoms with Gasteiger partial charge in [-0.3, -0.25) is 0 Å². The van der Waals surface area contributed by atoms with E-state index >= 15 is 0 Å². The van der Waals surface area contributed by atoms with E-state index in [-0.39, 0.29) is 11.3 Å². The molecular weight excluding hydrogens is 390 g/mol. The van der Waals surface area contributed by atoms with Gasteiger partial charge in [0, 0.05) is 5.56 Å². The van der Waals surface area contributed by atoms with Gasteiger partial charge in [0.1, 0.15) is 5.75 Å². The maximum Gasteiger partial charge on any atom is 0.416 e. The second-order valence-electron chi connectivity index (χ2n) is 5.10. The fraction of sp³-hybridized carbons (Fsp3) is 0.188. The van der Waals surface area contributed by atoms with E-state index in [1.54, 1.807) is 0 Å². The van der Waals surface area contributed by atoms with E-state index < -0.39 is 40.6 Å². The van der Waals surface area contributed by atoms with Crippen LogP contribution in [0.3, 0.4) is 0 Å². The summed E-state index contributed by atoms with van der Waals surface area (Å²) >= 11 is 5.69. The Morgan fingerprint density at radius 1 is 0.923 bits per heavy atom. The summed E-state index contributed by atoms with van der Waals surface area (Å²) in [7, 11) is 0. The number of hydrogen-bond donors (Lipinski definition) is 1. The molecule has 0 bridgehead atoms. The van der Waals surface area contributed by atoms with Crippen LogP contribution >= 0.6 is 11.6 Å². The summed E-state index contributed by atoms with van der Waals surface area (Å²) in [5.41, 5.74) is -2.18. The normalized spacial score (nSPS) is 13.3. The lowest BCUT2D eigenvalue weighted by Gasteiger charge is -2.18. The first-order chi connectivity index (χ1) is 11.9. The zero-order valence-electron chi connectivity index (χ0n) is 12.5. The molecule has 10 heteroatoms. The number of rotatable bonds is 4. The number of carbonyl (C=O) groups is 1. The summed E-state index contributed by atoms with van der Waals surface area (Å²) in [6.07, 6.45) is -11.0. The number of benzene rings is 2. The third-order valence-electron chi connectivity index (χ3n) is 3.27. The van der Waals surface area contributed by atoms with Crippen molar-refractivity contribution >= 4 is 17.6 Å². The van der Waals surface area contributed by atoms with Crippen LogP contribution in [0.1, 0.15) is 22.8 Å². The summed E-state index contributed by atoms with van der Waals surface area (Å²) in [4.78, 5) is 11.4. The molecule has 0 spiro atoms. The van der Waals surface area contributed by atoms with Crippen molar-refractivity contribution in [3.63, 3.8) is 0 Å². The minimum atomic E-state index is -4.65. The molecule has 1 unspecified atom stereocenters. The van der Waals surface area contributed by atoms with Crippen molar-refractivity contribution in [2.45, 2.75) is 18.5 Å². The molecule has 0 saturated carbocycles. The number of carboxylic acid groups (broad SMARTS) is 1. The Hall–Kier alpha value is -2.42. The van der Waals surface area contributed by atoms with Crippen LogP contribution in [-0.2, 0) is 17.1 Å². The van der Waals surface area contributed by atoms with Crippen LogP contribution in [0.4, 0.5) is 26.3 Å². The predicted octanol–water partition coefficient (Wildman–Crippen LogP) is 5.58. The highest BCUT2D eigenvalue weighted by Crippen LogP contribution is 2.37. The Balaban J connectivity index is 2.31. The van der Waals surface area contributed by atoms with Crippen molar-refractivity contribution in [3.8, 4) is 5.75 Å². The minimum absolute atomic E-state index is 0.138. The second kappa shape index (κ2) is 7.06. The highest BCUT2D eigenvalue weighted by atomic mass is 35.5. The van der Waals surface area contributed by atoms with Gasteiger partial charge in [0.25, 0.3) is 0 Å². The molecular formula is C16H9ClF6O3. The van der Waals surface area contributed by atoms with Gasteiger partial charge in [-0.1, -0.05) is 23.7 Å². The predicted molar refractivity (Wildman–Crippen MR) is 78.9 cm³/mol. The smallest absolute Gasteiger partial charge is 0.416 e. The third kappa shape index (κ3) is 4.60. The first kappa shape index (κ1) is 19.9. The van der Waals surface area contributed by atoms with Gasteiger partial charge in [-0.05, 0) is 30.3 Å². The number of aliphatic carboxylic acids is 1. The lowest BCUT2D eigenvalue weighted by atomic mass is 10.1. The van der Waals surface area contributed by atoms with Crippen molar-refractivity contribution in [2.24, 2.45) is 0 Å². The van der Waals surface area contributed by atoms with Gasteiger partial charge in [0.15, 0.2) is 0 Å². The van der Waals surface area contributed by atoms with Crippen molar-refractivity contribution in [1.82, 2.24) is 0 Å². The molecule has 0 amide bonds. The van der Waals surface area contributed by atoms with Crippen molar-refractivity contribution < 1.29 is 41.0 Å². The summed E-state index contributed by atoms with van der Waals surface area (Å²) in [5.74, 6) is -1.91. The Bertz CT molecular complexity index is 799. The van der Waals surface area contributed by atoms with Gasteiger partial charge in [-0.2, -0.15) is 26.3 Å². The first-order valence-electron chi connectivity index (χ1n) is 6.83. The van der Waals surface area contributed by atoms with E-state index in [1.807, 2.05) is 0 Å². The third-order valence-corrected chi connectivity index (χ3v) is 3.56. The van der Waals surface area contributed by atoms with Gasteiger partial charge in [0.2, 0.25) is 6.10 Å². The molecule has 2 rings (SSSR count). The SMILES string of the molecule is O=C(O)C(Oc1ccc(C(F)(F)F)cc1Cl)c1ccc(C(F)(F)F)cc1. The second-order valence-corrected chi connectivity index (χ2v) is 5.51. The van der Waals surface area contributed by atoms with Crippen molar-refractivity contribution in [1.29, 1.82) is 0 Å². The fourth-order valence-corrected chi connectivity index (χ4v) is 2.23. The van der Waals surface area contributed by atoms with Crippen LogP contribution in [0, 0.1) is 0 Å². The molecule has 0 aromatic heterocycles. The lowest BCUT2D eigenvalue weighted by molar-refractivity contribution is -0.145. The lowest BCUT2D eigenvalue weighted by Crippen LogP contribution is -2.19. The molecule has 0 aliphatic rings. The maximum atomic E-state index is 12.6. The van der Waals surface area contributed by atoms with E-state index in [4.69, 9.17) is 16.3 Å². The molecule has 1 N–H and O–H groups in total. The highest BCUT2D eigenvalue weighted by Gasteiger charge is 2.33. The zero-order valence-corrected chi connectivity index (χ0v) is 13.3. The fourth-order valence-electron chi connectivity index (χ4n) is 2.01. The largest absolute Gasteiger partial charge is 0.478 e. The van der Waals surface area contributed by atoms with E-state index in [0.717, 1.165) is 18.2 Å². The van der Waals surface area contributed by atoms with Gasteiger partial charge >= 0.3 is 18.3 Å². The Labute approximate surface area is 147 Å². The molecule has 3 nitrogen and oxygen atoms in total. The molecule has 2 aromatic carbocycles.